The molecule has 0 bridgehead atoms. The summed E-state index contributed by atoms with van der Waals surface area (Å²) in [5.41, 5.74) is -0.232. The number of anilines is 1. The van der Waals surface area contributed by atoms with E-state index >= 15 is 0 Å². The SMILES string of the molecule is CCCC[C@@]1(c2ccc(F)cc2)NC(=O)N(CC(=O)Nc2ccc(C)c(F)c2)C1=O. The van der Waals surface area contributed by atoms with Gasteiger partial charge in [0.2, 0.25) is 5.91 Å². The number of nitrogens with zero attached hydrogens (tertiary/aromatic N) is 1. The van der Waals surface area contributed by atoms with Crippen molar-refractivity contribution in [2.75, 3.05) is 11.9 Å². The zero-order valence-corrected chi connectivity index (χ0v) is 16.8. The Hall–Kier alpha value is -3.29. The summed E-state index contributed by atoms with van der Waals surface area (Å²) in [6.07, 6.45) is 1.75. The third-order valence-electron chi connectivity index (χ3n) is 5.18. The van der Waals surface area contributed by atoms with Crippen LogP contribution in [0.15, 0.2) is 42.5 Å². The molecule has 4 amide bonds. The molecule has 0 aliphatic carbocycles. The molecule has 0 radical (unpaired) electrons. The summed E-state index contributed by atoms with van der Waals surface area (Å²) >= 11 is 0. The molecule has 1 saturated heterocycles. The molecule has 0 spiro atoms. The molecule has 2 N–H and O–H groups in total. The second-order valence-electron chi connectivity index (χ2n) is 7.35. The van der Waals surface area contributed by atoms with Crippen LogP contribution in [0.2, 0.25) is 0 Å². The third kappa shape index (κ3) is 4.17. The first-order valence-corrected chi connectivity index (χ1v) is 9.73. The number of unbranched alkanes of at least 4 members (excludes halogenated alkanes) is 1. The van der Waals surface area contributed by atoms with Crippen LogP contribution in [0.25, 0.3) is 0 Å². The van der Waals surface area contributed by atoms with E-state index in [-0.39, 0.29) is 5.69 Å². The number of carbonyl (C=O) groups is 3. The Morgan fingerprint density at radius 3 is 2.47 bits per heavy atom. The Balaban J connectivity index is 1.81. The highest BCUT2D eigenvalue weighted by atomic mass is 19.1. The monoisotopic (exact) mass is 415 g/mol. The van der Waals surface area contributed by atoms with E-state index in [1.165, 1.54) is 42.5 Å². The lowest BCUT2D eigenvalue weighted by Gasteiger charge is -2.27. The van der Waals surface area contributed by atoms with E-state index in [2.05, 4.69) is 10.6 Å². The van der Waals surface area contributed by atoms with Crippen molar-refractivity contribution >= 4 is 23.5 Å². The Kier molecular flexibility index (Phi) is 6.14. The summed E-state index contributed by atoms with van der Waals surface area (Å²) in [5, 5.41) is 5.19. The average Bonchev–Trinajstić information content (AvgIpc) is 2.95. The van der Waals surface area contributed by atoms with E-state index < -0.39 is 41.6 Å². The summed E-state index contributed by atoms with van der Waals surface area (Å²) in [5.74, 6) is -2.13. The van der Waals surface area contributed by atoms with Crippen LogP contribution in [0.4, 0.5) is 19.3 Å². The molecule has 0 unspecified atom stereocenters. The number of urea groups is 1. The van der Waals surface area contributed by atoms with Crippen LogP contribution in [0.1, 0.15) is 37.3 Å². The molecule has 1 aliphatic heterocycles. The number of carbonyl (C=O) groups excluding carboxylic acids is 3. The second kappa shape index (κ2) is 8.61. The van der Waals surface area contributed by atoms with Crippen LogP contribution in [0, 0.1) is 18.6 Å². The molecule has 30 heavy (non-hydrogen) atoms. The van der Waals surface area contributed by atoms with Crippen molar-refractivity contribution in [2.45, 2.75) is 38.6 Å². The van der Waals surface area contributed by atoms with Gasteiger partial charge in [0.1, 0.15) is 23.7 Å². The van der Waals surface area contributed by atoms with Gasteiger partial charge in [0.25, 0.3) is 5.91 Å². The molecule has 1 fully saturated rings. The number of hydrogen-bond donors (Lipinski definition) is 2. The summed E-state index contributed by atoms with van der Waals surface area (Å²) in [7, 11) is 0. The fourth-order valence-corrected chi connectivity index (χ4v) is 3.47. The van der Waals surface area contributed by atoms with Crippen LogP contribution < -0.4 is 10.6 Å². The van der Waals surface area contributed by atoms with Gasteiger partial charge in [-0.3, -0.25) is 14.5 Å². The number of rotatable bonds is 7. The number of halogens is 2. The van der Waals surface area contributed by atoms with Crippen LogP contribution in [-0.2, 0) is 15.1 Å². The molecule has 0 saturated carbocycles. The van der Waals surface area contributed by atoms with Crippen molar-refractivity contribution in [1.29, 1.82) is 0 Å². The maximum Gasteiger partial charge on any atom is 0.325 e. The van der Waals surface area contributed by atoms with Crippen molar-refractivity contribution in [3.05, 3.63) is 65.2 Å². The summed E-state index contributed by atoms with van der Waals surface area (Å²) in [6, 6.07) is 8.89. The molecule has 1 atom stereocenters. The highest BCUT2D eigenvalue weighted by molar-refractivity contribution is 6.10. The number of aryl methyl sites for hydroxylation is 1. The van der Waals surface area contributed by atoms with Gasteiger partial charge in [0.15, 0.2) is 0 Å². The lowest BCUT2D eigenvalue weighted by Crippen LogP contribution is -2.44. The average molecular weight is 415 g/mol. The number of nitrogens with one attached hydrogen (secondary N) is 2. The van der Waals surface area contributed by atoms with Gasteiger partial charge in [0, 0.05) is 5.69 Å². The predicted molar refractivity (Wildman–Crippen MR) is 108 cm³/mol. The van der Waals surface area contributed by atoms with E-state index in [0.717, 1.165) is 11.3 Å². The van der Waals surface area contributed by atoms with E-state index in [0.29, 0.717) is 24.0 Å². The molecule has 1 heterocycles. The largest absolute Gasteiger partial charge is 0.325 e. The highest BCUT2D eigenvalue weighted by Crippen LogP contribution is 2.34. The molecule has 3 rings (SSSR count). The number of benzene rings is 2. The second-order valence-corrected chi connectivity index (χ2v) is 7.35. The normalized spacial score (nSPS) is 18.5. The predicted octanol–water partition coefficient (Wildman–Crippen LogP) is 3.85. The van der Waals surface area contributed by atoms with Gasteiger partial charge in [-0.25, -0.2) is 13.6 Å². The zero-order chi connectivity index (χ0) is 21.9. The van der Waals surface area contributed by atoms with Gasteiger partial charge < -0.3 is 10.6 Å². The Labute approximate surface area is 173 Å². The molecule has 1 aliphatic rings. The molecule has 2 aromatic carbocycles. The van der Waals surface area contributed by atoms with Gasteiger partial charge in [-0.05, 0) is 48.7 Å². The quantitative estimate of drug-likeness (QED) is 0.675. The minimum atomic E-state index is -1.35. The van der Waals surface area contributed by atoms with Crippen molar-refractivity contribution in [3.63, 3.8) is 0 Å². The molecule has 2 aromatic rings. The van der Waals surface area contributed by atoms with E-state index in [1.807, 2.05) is 6.92 Å². The minimum absolute atomic E-state index is 0.228. The number of imide groups is 1. The van der Waals surface area contributed by atoms with Gasteiger partial charge in [-0.2, -0.15) is 0 Å². The molecular formula is C22H23F2N3O3. The summed E-state index contributed by atoms with van der Waals surface area (Å²) < 4.78 is 27.1. The van der Waals surface area contributed by atoms with E-state index in [9.17, 15) is 23.2 Å². The van der Waals surface area contributed by atoms with Crippen molar-refractivity contribution < 1.29 is 23.2 Å². The fourth-order valence-electron chi connectivity index (χ4n) is 3.47. The number of hydrogen-bond acceptors (Lipinski definition) is 3. The zero-order valence-electron chi connectivity index (χ0n) is 16.8. The Bertz CT molecular complexity index is 978. The minimum Gasteiger partial charge on any atom is -0.324 e. The lowest BCUT2D eigenvalue weighted by molar-refractivity contribution is -0.134. The molecule has 6 nitrogen and oxygen atoms in total. The summed E-state index contributed by atoms with van der Waals surface area (Å²) in [4.78, 5) is 39.0. The fraction of sp³-hybridized carbons (Fsp3) is 0.318. The molecule has 158 valence electrons. The van der Waals surface area contributed by atoms with Gasteiger partial charge >= 0.3 is 6.03 Å². The third-order valence-corrected chi connectivity index (χ3v) is 5.18. The highest BCUT2D eigenvalue weighted by Gasteiger charge is 2.52. The first-order valence-electron chi connectivity index (χ1n) is 9.73. The van der Waals surface area contributed by atoms with E-state index in [1.54, 1.807) is 6.92 Å². The van der Waals surface area contributed by atoms with Crippen molar-refractivity contribution in [3.8, 4) is 0 Å². The van der Waals surface area contributed by atoms with Crippen LogP contribution in [-0.4, -0.2) is 29.3 Å². The van der Waals surface area contributed by atoms with Crippen LogP contribution in [0.5, 0.6) is 0 Å². The summed E-state index contributed by atoms with van der Waals surface area (Å²) in [6.45, 7) is 3.03. The lowest BCUT2D eigenvalue weighted by atomic mass is 9.85. The Morgan fingerprint density at radius 2 is 1.83 bits per heavy atom. The molecule has 0 aromatic heterocycles. The topological polar surface area (TPSA) is 78.5 Å². The first-order chi connectivity index (χ1) is 14.3. The van der Waals surface area contributed by atoms with Gasteiger partial charge in [-0.15, -0.1) is 0 Å². The Morgan fingerprint density at radius 1 is 1.13 bits per heavy atom. The van der Waals surface area contributed by atoms with Crippen molar-refractivity contribution in [1.82, 2.24) is 10.2 Å². The van der Waals surface area contributed by atoms with Gasteiger partial charge in [-0.1, -0.05) is 38.0 Å². The maximum atomic E-state index is 13.7. The number of amides is 4. The maximum absolute atomic E-state index is 13.7. The van der Waals surface area contributed by atoms with Crippen molar-refractivity contribution in [2.24, 2.45) is 0 Å². The van der Waals surface area contributed by atoms with Crippen LogP contribution in [0.3, 0.4) is 0 Å². The smallest absolute Gasteiger partial charge is 0.324 e. The molecule has 8 heteroatoms. The van der Waals surface area contributed by atoms with E-state index in [4.69, 9.17) is 0 Å². The van der Waals surface area contributed by atoms with Gasteiger partial charge in [0.05, 0.1) is 0 Å². The molecular weight excluding hydrogens is 392 g/mol. The van der Waals surface area contributed by atoms with Crippen LogP contribution >= 0.6 is 0 Å². The standard InChI is InChI=1S/C22H23F2N3O3/c1-3-4-11-22(15-6-8-16(23)9-7-15)20(29)27(21(30)26-22)13-19(28)25-17-10-5-14(2)18(24)12-17/h5-10,12H,3-4,11,13H2,1-2H3,(H,25,28)(H,26,30)/t22-/m0/s1. The first kappa shape index (κ1) is 21.4.